The molecule has 0 aromatic heterocycles. The van der Waals surface area contributed by atoms with Crippen LogP contribution in [0.1, 0.15) is 59.3 Å². The van der Waals surface area contributed by atoms with Crippen LogP contribution in [0.25, 0.3) is 0 Å². The van der Waals surface area contributed by atoms with Crippen LogP contribution in [0.15, 0.2) is 4.99 Å². The molecule has 1 aliphatic rings. The normalized spacial score (nSPS) is 19.3. The van der Waals surface area contributed by atoms with Crippen molar-refractivity contribution in [2.75, 3.05) is 32.9 Å². The molecule has 0 aliphatic carbocycles. The summed E-state index contributed by atoms with van der Waals surface area (Å²) in [4.78, 5) is 4.57. The van der Waals surface area contributed by atoms with Gasteiger partial charge in [-0.15, -0.1) is 24.0 Å². The summed E-state index contributed by atoms with van der Waals surface area (Å²) in [6.07, 6.45) is 7.62. The van der Waals surface area contributed by atoms with E-state index < -0.39 is 0 Å². The number of hydrogen-bond donors (Lipinski definition) is 2. The summed E-state index contributed by atoms with van der Waals surface area (Å²) < 4.78 is 11.2. The maximum atomic E-state index is 5.64. The van der Waals surface area contributed by atoms with Crippen LogP contribution in [0, 0.1) is 0 Å². The molecule has 0 bridgehead atoms. The van der Waals surface area contributed by atoms with Gasteiger partial charge in [0, 0.05) is 19.2 Å². The summed E-state index contributed by atoms with van der Waals surface area (Å²) in [5, 5.41) is 6.76. The number of nitrogens with one attached hydrogen (secondary N) is 2. The lowest BCUT2D eigenvalue weighted by molar-refractivity contribution is 0.0200. The van der Waals surface area contributed by atoms with E-state index in [1.807, 2.05) is 0 Å². The van der Waals surface area contributed by atoms with Crippen LogP contribution in [-0.4, -0.2) is 51.0 Å². The SMILES string of the molecule is CCCCCC(C)NC(=NCCOCC1CCCO1)NCC.I. The fourth-order valence-corrected chi connectivity index (χ4v) is 2.54. The minimum absolute atomic E-state index is 0. The first kappa shape index (κ1) is 22.9. The lowest BCUT2D eigenvalue weighted by atomic mass is 10.1. The summed E-state index contributed by atoms with van der Waals surface area (Å²) in [6, 6.07) is 0.456. The molecule has 1 saturated heterocycles. The van der Waals surface area contributed by atoms with Crippen molar-refractivity contribution in [3.05, 3.63) is 0 Å². The van der Waals surface area contributed by atoms with Gasteiger partial charge < -0.3 is 20.1 Å². The number of ether oxygens (including phenoxy) is 2. The predicted molar refractivity (Wildman–Crippen MR) is 108 cm³/mol. The number of guanidine groups is 1. The second kappa shape index (κ2) is 15.4. The monoisotopic (exact) mass is 441 g/mol. The van der Waals surface area contributed by atoms with Crippen molar-refractivity contribution in [1.82, 2.24) is 10.6 Å². The van der Waals surface area contributed by atoms with Crippen molar-refractivity contribution in [3.8, 4) is 0 Å². The fourth-order valence-electron chi connectivity index (χ4n) is 2.54. The number of unbranched alkanes of at least 4 members (excludes halogenated alkanes) is 2. The second-order valence-electron chi connectivity index (χ2n) is 6.01. The van der Waals surface area contributed by atoms with E-state index in [1.165, 1.54) is 25.7 Å². The number of aliphatic imine (C=N–C) groups is 1. The van der Waals surface area contributed by atoms with E-state index >= 15 is 0 Å². The van der Waals surface area contributed by atoms with Gasteiger partial charge >= 0.3 is 0 Å². The highest BCUT2D eigenvalue weighted by Gasteiger charge is 2.14. The highest BCUT2D eigenvalue weighted by molar-refractivity contribution is 14.0. The Morgan fingerprint density at radius 2 is 2.17 bits per heavy atom. The molecule has 0 radical (unpaired) electrons. The summed E-state index contributed by atoms with van der Waals surface area (Å²) in [5.74, 6) is 0.896. The summed E-state index contributed by atoms with van der Waals surface area (Å²) >= 11 is 0. The molecule has 0 aromatic carbocycles. The molecule has 1 heterocycles. The van der Waals surface area contributed by atoms with Gasteiger partial charge in [0.1, 0.15) is 0 Å². The summed E-state index contributed by atoms with van der Waals surface area (Å²) in [5.41, 5.74) is 0. The highest BCUT2D eigenvalue weighted by Crippen LogP contribution is 2.11. The third kappa shape index (κ3) is 12.0. The molecule has 0 aromatic rings. The molecule has 138 valence electrons. The van der Waals surface area contributed by atoms with E-state index in [1.54, 1.807) is 0 Å². The van der Waals surface area contributed by atoms with Gasteiger partial charge in [-0.3, -0.25) is 4.99 Å². The Labute approximate surface area is 159 Å². The Hall–Kier alpha value is -0.0800. The van der Waals surface area contributed by atoms with Gasteiger partial charge in [0.15, 0.2) is 5.96 Å². The summed E-state index contributed by atoms with van der Waals surface area (Å²) in [6.45, 7) is 10.3. The van der Waals surface area contributed by atoms with Crippen molar-refractivity contribution in [2.45, 2.75) is 71.4 Å². The zero-order valence-corrected chi connectivity index (χ0v) is 17.4. The predicted octanol–water partition coefficient (Wildman–Crippen LogP) is 3.32. The number of hydrogen-bond acceptors (Lipinski definition) is 3. The third-order valence-electron chi connectivity index (χ3n) is 3.80. The zero-order chi connectivity index (χ0) is 16.0. The van der Waals surface area contributed by atoms with Crippen LogP contribution in [0.2, 0.25) is 0 Å². The van der Waals surface area contributed by atoms with Crippen molar-refractivity contribution in [2.24, 2.45) is 4.99 Å². The van der Waals surface area contributed by atoms with Crippen molar-refractivity contribution < 1.29 is 9.47 Å². The lowest BCUT2D eigenvalue weighted by Crippen LogP contribution is -2.42. The molecule has 6 heteroatoms. The molecule has 1 rings (SSSR count). The van der Waals surface area contributed by atoms with Gasteiger partial charge in [0.2, 0.25) is 0 Å². The van der Waals surface area contributed by atoms with Crippen molar-refractivity contribution in [3.63, 3.8) is 0 Å². The first-order valence-electron chi connectivity index (χ1n) is 9.00. The molecule has 2 unspecified atom stereocenters. The number of nitrogens with zero attached hydrogens (tertiary/aromatic N) is 1. The molecule has 2 atom stereocenters. The summed E-state index contributed by atoms with van der Waals surface area (Å²) in [7, 11) is 0. The van der Waals surface area contributed by atoms with Crippen molar-refractivity contribution >= 4 is 29.9 Å². The molecule has 5 nitrogen and oxygen atoms in total. The van der Waals surface area contributed by atoms with Crippen LogP contribution in [0.5, 0.6) is 0 Å². The zero-order valence-electron chi connectivity index (χ0n) is 15.1. The van der Waals surface area contributed by atoms with E-state index in [0.717, 1.165) is 32.0 Å². The minimum Gasteiger partial charge on any atom is -0.377 e. The first-order valence-corrected chi connectivity index (χ1v) is 9.00. The fraction of sp³-hybridized carbons (Fsp3) is 0.941. The van der Waals surface area contributed by atoms with Crippen molar-refractivity contribution in [1.29, 1.82) is 0 Å². The third-order valence-corrected chi connectivity index (χ3v) is 3.80. The molecule has 0 amide bonds. The average Bonchev–Trinajstić information content (AvgIpc) is 3.00. The maximum absolute atomic E-state index is 5.64. The Morgan fingerprint density at radius 3 is 2.83 bits per heavy atom. The quantitative estimate of drug-likeness (QED) is 0.224. The van der Waals surface area contributed by atoms with Gasteiger partial charge in [-0.25, -0.2) is 0 Å². The Balaban J connectivity index is 0.00000484. The van der Waals surface area contributed by atoms with E-state index in [2.05, 4.69) is 36.4 Å². The van der Waals surface area contributed by atoms with Gasteiger partial charge in [-0.1, -0.05) is 26.2 Å². The molecular weight excluding hydrogens is 405 g/mol. The standard InChI is InChI=1S/C17H35N3O2.HI/c1-4-6-7-9-15(3)20-17(18-5-2)19-11-13-21-14-16-10-8-12-22-16;/h15-16H,4-14H2,1-3H3,(H2,18,19,20);1H. The lowest BCUT2D eigenvalue weighted by Gasteiger charge is -2.17. The number of rotatable bonds is 11. The molecule has 1 aliphatic heterocycles. The maximum Gasteiger partial charge on any atom is 0.191 e. The van der Waals surface area contributed by atoms with Crippen LogP contribution >= 0.6 is 24.0 Å². The molecule has 2 N–H and O–H groups in total. The molecule has 0 saturated carbocycles. The topological polar surface area (TPSA) is 54.9 Å². The smallest absolute Gasteiger partial charge is 0.191 e. The van der Waals surface area contributed by atoms with Crippen LogP contribution in [0.4, 0.5) is 0 Å². The van der Waals surface area contributed by atoms with Gasteiger partial charge in [0.05, 0.1) is 25.9 Å². The Bertz CT molecular complexity index is 298. The Morgan fingerprint density at radius 1 is 1.35 bits per heavy atom. The minimum atomic E-state index is 0. The average molecular weight is 441 g/mol. The van der Waals surface area contributed by atoms with Gasteiger partial charge in [0.25, 0.3) is 0 Å². The molecule has 23 heavy (non-hydrogen) atoms. The van der Waals surface area contributed by atoms with Gasteiger partial charge in [-0.2, -0.15) is 0 Å². The number of halogens is 1. The van der Waals surface area contributed by atoms with Gasteiger partial charge in [-0.05, 0) is 33.1 Å². The van der Waals surface area contributed by atoms with Crippen LogP contribution < -0.4 is 10.6 Å². The molecular formula is C17H36IN3O2. The van der Waals surface area contributed by atoms with E-state index in [-0.39, 0.29) is 24.0 Å². The van der Waals surface area contributed by atoms with E-state index in [0.29, 0.717) is 31.9 Å². The largest absolute Gasteiger partial charge is 0.377 e. The Kier molecular flexibility index (Phi) is 15.4. The van der Waals surface area contributed by atoms with E-state index in [4.69, 9.17) is 9.47 Å². The van der Waals surface area contributed by atoms with Crippen LogP contribution in [0.3, 0.4) is 0 Å². The first-order chi connectivity index (χ1) is 10.8. The highest BCUT2D eigenvalue weighted by atomic mass is 127. The van der Waals surface area contributed by atoms with E-state index in [9.17, 15) is 0 Å². The molecule has 0 spiro atoms. The molecule has 1 fully saturated rings. The second-order valence-corrected chi connectivity index (χ2v) is 6.01. The van der Waals surface area contributed by atoms with Crippen LogP contribution in [-0.2, 0) is 9.47 Å².